The zero-order chi connectivity index (χ0) is 15.5. The molecule has 7 heteroatoms. The van der Waals surface area contributed by atoms with Crippen molar-refractivity contribution in [3.63, 3.8) is 0 Å². The Morgan fingerprint density at radius 1 is 1.43 bits per heavy atom. The van der Waals surface area contributed by atoms with E-state index in [2.05, 4.69) is 10.0 Å². The van der Waals surface area contributed by atoms with Gasteiger partial charge in [-0.1, -0.05) is 6.07 Å². The molecule has 2 rings (SSSR count). The van der Waals surface area contributed by atoms with Gasteiger partial charge in [-0.2, -0.15) is 12.7 Å². The van der Waals surface area contributed by atoms with Gasteiger partial charge in [0.05, 0.1) is 5.69 Å². The molecule has 1 aromatic carbocycles. The lowest BCUT2D eigenvalue weighted by Gasteiger charge is -2.32. The maximum atomic E-state index is 13.7. The highest BCUT2D eigenvalue weighted by Crippen LogP contribution is 2.22. The summed E-state index contributed by atoms with van der Waals surface area (Å²) >= 11 is 0. The minimum absolute atomic E-state index is 0.00531. The van der Waals surface area contributed by atoms with E-state index >= 15 is 0 Å². The largest absolute Gasteiger partial charge is 0.319 e. The third kappa shape index (κ3) is 4.15. The number of benzene rings is 1. The Bertz CT molecular complexity index is 590. The van der Waals surface area contributed by atoms with Gasteiger partial charge in [-0.15, -0.1) is 0 Å². The van der Waals surface area contributed by atoms with Crippen LogP contribution in [0.5, 0.6) is 0 Å². The monoisotopic (exact) mass is 315 g/mol. The quantitative estimate of drug-likeness (QED) is 0.870. The van der Waals surface area contributed by atoms with Gasteiger partial charge in [0, 0.05) is 13.1 Å². The lowest BCUT2D eigenvalue weighted by molar-refractivity contribution is 0.264. The second kappa shape index (κ2) is 6.72. The highest BCUT2D eigenvalue weighted by Gasteiger charge is 2.29. The summed E-state index contributed by atoms with van der Waals surface area (Å²) in [5.41, 5.74) is 0.812. The van der Waals surface area contributed by atoms with Crippen molar-refractivity contribution in [3.8, 4) is 0 Å². The maximum absolute atomic E-state index is 13.7. The van der Waals surface area contributed by atoms with Gasteiger partial charge in [0.1, 0.15) is 5.82 Å². The van der Waals surface area contributed by atoms with Crippen LogP contribution in [0.1, 0.15) is 18.4 Å². The van der Waals surface area contributed by atoms with Crippen LogP contribution < -0.4 is 10.0 Å². The highest BCUT2D eigenvalue weighted by molar-refractivity contribution is 7.90. The van der Waals surface area contributed by atoms with E-state index in [1.807, 2.05) is 7.05 Å². The molecular weight excluding hydrogens is 293 g/mol. The summed E-state index contributed by atoms with van der Waals surface area (Å²) in [6.07, 6.45) is 1.83. The summed E-state index contributed by atoms with van der Waals surface area (Å²) in [4.78, 5) is 0. The number of halogens is 1. The van der Waals surface area contributed by atoms with Gasteiger partial charge < -0.3 is 5.32 Å². The topological polar surface area (TPSA) is 61.4 Å². The van der Waals surface area contributed by atoms with Crippen molar-refractivity contribution >= 4 is 15.9 Å². The normalized spacial score (nSPS) is 20.4. The lowest BCUT2D eigenvalue weighted by Crippen LogP contribution is -2.44. The molecule has 1 atom stereocenters. The fourth-order valence-corrected chi connectivity index (χ4v) is 3.96. The van der Waals surface area contributed by atoms with Crippen molar-refractivity contribution in [3.05, 3.63) is 29.6 Å². The molecule has 0 amide bonds. The molecule has 1 aliphatic heterocycles. The molecule has 1 aliphatic rings. The summed E-state index contributed by atoms with van der Waals surface area (Å²) in [7, 11) is -1.86. The molecule has 1 aromatic rings. The van der Waals surface area contributed by atoms with Crippen LogP contribution in [0.3, 0.4) is 0 Å². The Morgan fingerprint density at radius 2 is 2.19 bits per heavy atom. The van der Waals surface area contributed by atoms with Crippen LogP contribution in [0.25, 0.3) is 0 Å². The summed E-state index contributed by atoms with van der Waals surface area (Å²) in [5.74, 6) is -0.268. The minimum Gasteiger partial charge on any atom is -0.319 e. The van der Waals surface area contributed by atoms with Crippen LogP contribution in [0.15, 0.2) is 18.2 Å². The van der Waals surface area contributed by atoms with Crippen molar-refractivity contribution < 1.29 is 12.8 Å². The number of anilines is 1. The molecule has 1 fully saturated rings. The Hall–Kier alpha value is -1.18. The van der Waals surface area contributed by atoms with E-state index in [0.717, 1.165) is 24.9 Å². The number of aryl methyl sites for hydroxylation is 1. The Balaban J connectivity index is 2.12. The summed E-state index contributed by atoms with van der Waals surface area (Å²) < 4.78 is 42.3. The van der Waals surface area contributed by atoms with Crippen LogP contribution in [-0.4, -0.2) is 39.4 Å². The predicted molar refractivity (Wildman–Crippen MR) is 81.9 cm³/mol. The van der Waals surface area contributed by atoms with Crippen LogP contribution in [0, 0.1) is 18.7 Å². The second-order valence-corrected chi connectivity index (χ2v) is 7.19. The number of nitrogens with zero attached hydrogens (tertiary/aromatic N) is 1. The average Bonchev–Trinajstić information content (AvgIpc) is 2.43. The third-order valence-electron chi connectivity index (χ3n) is 3.68. The molecule has 0 bridgehead atoms. The molecule has 0 radical (unpaired) electrons. The molecule has 1 saturated heterocycles. The number of nitrogens with one attached hydrogen (secondary N) is 2. The van der Waals surface area contributed by atoms with Gasteiger partial charge in [-0.25, -0.2) is 4.39 Å². The number of rotatable bonds is 5. The molecular formula is C14H22FN3O2S. The summed E-state index contributed by atoms with van der Waals surface area (Å²) in [5, 5.41) is 3.07. The zero-order valence-electron chi connectivity index (χ0n) is 12.4. The zero-order valence-corrected chi connectivity index (χ0v) is 13.2. The van der Waals surface area contributed by atoms with Crippen molar-refractivity contribution in [2.75, 3.05) is 31.4 Å². The van der Waals surface area contributed by atoms with Crippen LogP contribution >= 0.6 is 0 Å². The van der Waals surface area contributed by atoms with E-state index in [4.69, 9.17) is 0 Å². The van der Waals surface area contributed by atoms with Gasteiger partial charge in [-0.3, -0.25) is 4.72 Å². The van der Waals surface area contributed by atoms with Gasteiger partial charge in [0.15, 0.2) is 0 Å². The SMILES string of the molecule is CNCC1CCCN(S(=O)(=O)Nc2cc(C)ccc2F)C1. The van der Waals surface area contributed by atoms with E-state index in [9.17, 15) is 12.8 Å². The molecule has 2 N–H and O–H groups in total. The fraction of sp³-hybridized carbons (Fsp3) is 0.571. The van der Waals surface area contributed by atoms with Crippen molar-refractivity contribution in [1.29, 1.82) is 0 Å². The first kappa shape index (κ1) is 16.2. The predicted octanol–water partition coefficient (Wildman–Crippen LogP) is 1.72. The Labute approximate surface area is 125 Å². The Kier molecular flexibility index (Phi) is 5.18. The number of piperidine rings is 1. The van der Waals surface area contributed by atoms with Crippen LogP contribution in [0.4, 0.5) is 10.1 Å². The second-order valence-electron chi connectivity index (χ2n) is 5.51. The molecule has 1 unspecified atom stereocenters. The molecule has 118 valence electrons. The maximum Gasteiger partial charge on any atom is 0.301 e. The molecule has 0 aromatic heterocycles. The third-order valence-corrected chi connectivity index (χ3v) is 5.16. The average molecular weight is 315 g/mol. The van der Waals surface area contributed by atoms with E-state index in [1.165, 1.54) is 16.4 Å². The molecule has 1 heterocycles. The van der Waals surface area contributed by atoms with E-state index in [0.29, 0.717) is 19.0 Å². The Morgan fingerprint density at radius 3 is 2.90 bits per heavy atom. The first-order valence-corrected chi connectivity index (χ1v) is 8.55. The molecule has 0 aliphatic carbocycles. The lowest BCUT2D eigenvalue weighted by atomic mass is 10.00. The number of hydrogen-bond acceptors (Lipinski definition) is 3. The smallest absolute Gasteiger partial charge is 0.301 e. The molecule has 5 nitrogen and oxygen atoms in total. The van der Waals surface area contributed by atoms with E-state index in [-0.39, 0.29) is 5.69 Å². The van der Waals surface area contributed by atoms with Crippen LogP contribution in [0.2, 0.25) is 0 Å². The number of hydrogen-bond donors (Lipinski definition) is 2. The standard InChI is InChI=1S/C14H22FN3O2S/c1-11-5-6-13(15)14(8-11)17-21(19,20)18-7-3-4-12(10-18)9-16-2/h5-6,8,12,16-17H,3-4,7,9-10H2,1-2H3. The van der Waals surface area contributed by atoms with E-state index < -0.39 is 16.0 Å². The molecule has 0 saturated carbocycles. The van der Waals surface area contributed by atoms with E-state index in [1.54, 1.807) is 13.0 Å². The van der Waals surface area contributed by atoms with Crippen LogP contribution in [-0.2, 0) is 10.2 Å². The van der Waals surface area contributed by atoms with Gasteiger partial charge in [0.2, 0.25) is 0 Å². The first-order chi connectivity index (χ1) is 9.92. The minimum atomic E-state index is -3.71. The summed E-state index contributed by atoms with van der Waals surface area (Å²) in [6, 6.07) is 4.38. The van der Waals surface area contributed by atoms with Gasteiger partial charge >= 0.3 is 10.2 Å². The van der Waals surface area contributed by atoms with Gasteiger partial charge in [-0.05, 0) is 57.0 Å². The van der Waals surface area contributed by atoms with Crippen molar-refractivity contribution in [2.24, 2.45) is 5.92 Å². The first-order valence-electron chi connectivity index (χ1n) is 7.11. The van der Waals surface area contributed by atoms with Crippen molar-refractivity contribution in [2.45, 2.75) is 19.8 Å². The highest BCUT2D eigenvalue weighted by atomic mass is 32.2. The molecule has 0 spiro atoms. The van der Waals surface area contributed by atoms with Crippen molar-refractivity contribution in [1.82, 2.24) is 9.62 Å². The fourth-order valence-electron chi connectivity index (χ4n) is 2.62. The summed E-state index contributed by atoms with van der Waals surface area (Å²) in [6.45, 7) is 3.51. The molecule has 21 heavy (non-hydrogen) atoms. The van der Waals surface area contributed by atoms with Gasteiger partial charge in [0.25, 0.3) is 0 Å².